The van der Waals surface area contributed by atoms with Crippen molar-refractivity contribution >= 4 is 16.0 Å². The van der Waals surface area contributed by atoms with Crippen LogP contribution in [0.3, 0.4) is 0 Å². The standard InChI is InChI=1S/C20H25NO5S/c1-6-17(15-9-10-18(25-4)14(3)11-15)21-27(23,24)19-12-16(20(22)26-5)8-7-13(19)2/h7-12,17,21H,6H2,1-5H3/t17-/m1/s1. The first-order chi connectivity index (χ1) is 12.7. The number of methoxy groups -OCH3 is 2. The Morgan fingerprint density at radius 3 is 2.33 bits per heavy atom. The maximum absolute atomic E-state index is 13.0. The highest BCUT2D eigenvalue weighted by atomic mass is 32.2. The van der Waals surface area contributed by atoms with E-state index in [-0.39, 0.29) is 10.5 Å². The number of ether oxygens (including phenoxy) is 2. The molecule has 2 rings (SSSR count). The highest BCUT2D eigenvalue weighted by Gasteiger charge is 2.24. The molecule has 1 N–H and O–H groups in total. The lowest BCUT2D eigenvalue weighted by Crippen LogP contribution is -2.29. The van der Waals surface area contributed by atoms with Gasteiger partial charge in [0, 0.05) is 6.04 Å². The third-order valence-electron chi connectivity index (χ3n) is 4.43. The number of hydrogen-bond donors (Lipinski definition) is 1. The summed E-state index contributed by atoms with van der Waals surface area (Å²) in [5.41, 5.74) is 2.52. The topological polar surface area (TPSA) is 81.7 Å². The highest BCUT2D eigenvalue weighted by Crippen LogP contribution is 2.26. The van der Waals surface area contributed by atoms with Crippen molar-refractivity contribution in [3.05, 3.63) is 58.7 Å². The van der Waals surface area contributed by atoms with Crippen LogP contribution < -0.4 is 9.46 Å². The largest absolute Gasteiger partial charge is 0.496 e. The van der Waals surface area contributed by atoms with E-state index in [4.69, 9.17) is 4.74 Å². The van der Waals surface area contributed by atoms with Gasteiger partial charge in [-0.25, -0.2) is 17.9 Å². The third kappa shape index (κ3) is 4.67. The van der Waals surface area contributed by atoms with Crippen molar-refractivity contribution in [3.8, 4) is 5.75 Å². The maximum Gasteiger partial charge on any atom is 0.337 e. The summed E-state index contributed by atoms with van der Waals surface area (Å²) in [5.74, 6) is 0.169. The number of benzene rings is 2. The molecule has 0 saturated heterocycles. The molecule has 7 heteroatoms. The lowest BCUT2D eigenvalue weighted by molar-refractivity contribution is 0.0600. The van der Waals surface area contributed by atoms with Crippen LogP contribution in [0.25, 0.3) is 0 Å². The molecule has 2 aromatic rings. The average molecular weight is 391 g/mol. The first-order valence-electron chi connectivity index (χ1n) is 8.59. The summed E-state index contributed by atoms with van der Waals surface area (Å²) >= 11 is 0. The molecule has 0 aliphatic heterocycles. The normalized spacial score (nSPS) is 12.5. The summed E-state index contributed by atoms with van der Waals surface area (Å²) in [6.45, 7) is 5.51. The van der Waals surface area contributed by atoms with E-state index in [1.807, 2.05) is 32.0 Å². The maximum atomic E-state index is 13.0. The van der Waals surface area contributed by atoms with E-state index in [0.717, 1.165) is 16.9 Å². The number of carbonyl (C=O) groups excluding carboxylic acids is 1. The van der Waals surface area contributed by atoms with E-state index in [9.17, 15) is 13.2 Å². The van der Waals surface area contributed by atoms with Gasteiger partial charge >= 0.3 is 5.97 Å². The van der Waals surface area contributed by atoms with Crippen molar-refractivity contribution in [2.24, 2.45) is 0 Å². The van der Waals surface area contributed by atoms with Gasteiger partial charge in [-0.3, -0.25) is 0 Å². The fourth-order valence-corrected chi connectivity index (χ4v) is 4.47. The van der Waals surface area contributed by atoms with Crippen LogP contribution in [0.5, 0.6) is 5.75 Å². The Labute approximate surface area is 160 Å². The Morgan fingerprint density at radius 2 is 1.78 bits per heavy atom. The van der Waals surface area contributed by atoms with E-state index >= 15 is 0 Å². The van der Waals surface area contributed by atoms with Crippen LogP contribution in [0.1, 0.15) is 46.4 Å². The monoisotopic (exact) mass is 391 g/mol. The van der Waals surface area contributed by atoms with Gasteiger partial charge in [-0.15, -0.1) is 0 Å². The molecule has 0 aliphatic carbocycles. The second-order valence-corrected chi connectivity index (χ2v) is 7.97. The summed E-state index contributed by atoms with van der Waals surface area (Å²) in [6.07, 6.45) is 0.570. The molecule has 6 nitrogen and oxygen atoms in total. The minimum absolute atomic E-state index is 0.0640. The molecule has 0 radical (unpaired) electrons. The number of esters is 1. The molecule has 0 unspecified atom stereocenters. The van der Waals surface area contributed by atoms with Gasteiger partial charge in [-0.2, -0.15) is 0 Å². The molecular formula is C20H25NO5S. The van der Waals surface area contributed by atoms with E-state index in [1.165, 1.54) is 13.2 Å². The fourth-order valence-electron chi connectivity index (χ4n) is 2.89. The van der Waals surface area contributed by atoms with Crippen molar-refractivity contribution in [1.29, 1.82) is 0 Å². The predicted octanol–water partition coefficient (Wildman–Crippen LogP) is 3.53. The Morgan fingerprint density at radius 1 is 1.07 bits per heavy atom. The number of carbonyl (C=O) groups is 1. The SMILES string of the molecule is CC[C@@H](NS(=O)(=O)c1cc(C(=O)OC)ccc1C)c1ccc(OC)c(C)c1. The predicted molar refractivity (Wildman–Crippen MR) is 104 cm³/mol. The summed E-state index contributed by atoms with van der Waals surface area (Å²) in [6, 6.07) is 9.66. The molecule has 0 aliphatic rings. The number of hydrogen-bond acceptors (Lipinski definition) is 5. The smallest absolute Gasteiger partial charge is 0.337 e. The minimum atomic E-state index is -3.83. The van der Waals surface area contributed by atoms with Gasteiger partial charge in [0.2, 0.25) is 10.0 Å². The Balaban J connectivity index is 2.39. The van der Waals surface area contributed by atoms with Gasteiger partial charge in [0.05, 0.1) is 24.7 Å². The Bertz CT molecular complexity index is 937. The van der Waals surface area contributed by atoms with Gasteiger partial charge in [-0.05, 0) is 55.2 Å². The molecule has 0 saturated carbocycles. The Hall–Kier alpha value is -2.38. The molecule has 146 valence electrons. The van der Waals surface area contributed by atoms with Crippen molar-refractivity contribution in [2.75, 3.05) is 14.2 Å². The number of aryl methyl sites for hydroxylation is 2. The van der Waals surface area contributed by atoms with E-state index < -0.39 is 22.0 Å². The number of nitrogens with one attached hydrogen (secondary N) is 1. The summed E-state index contributed by atoms with van der Waals surface area (Å²) in [4.78, 5) is 11.8. The number of rotatable bonds is 7. The first kappa shape index (κ1) is 20.9. The molecule has 0 fully saturated rings. The van der Waals surface area contributed by atoms with Crippen LogP contribution in [0.4, 0.5) is 0 Å². The van der Waals surface area contributed by atoms with Crippen LogP contribution in [-0.2, 0) is 14.8 Å². The third-order valence-corrected chi connectivity index (χ3v) is 6.04. The van der Waals surface area contributed by atoms with Crippen molar-refractivity contribution < 1.29 is 22.7 Å². The molecule has 0 spiro atoms. The van der Waals surface area contributed by atoms with Crippen LogP contribution in [0.2, 0.25) is 0 Å². The molecule has 2 aromatic carbocycles. The van der Waals surface area contributed by atoms with Gasteiger partial charge in [0.25, 0.3) is 0 Å². The van der Waals surface area contributed by atoms with E-state index in [1.54, 1.807) is 26.2 Å². The average Bonchev–Trinajstić information content (AvgIpc) is 2.65. The first-order valence-corrected chi connectivity index (χ1v) is 10.1. The summed E-state index contributed by atoms with van der Waals surface area (Å²) in [7, 11) is -0.978. The molecular weight excluding hydrogens is 366 g/mol. The zero-order valence-corrected chi connectivity index (χ0v) is 17.0. The lowest BCUT2D eigenvalue weighted by Gasteiger charge is -2.20. The fraction of sp³-hybridized carbons (Fsp3) is 0.350. The highest BCUT2D eigenvalue weighted by molar-refractivity contribution is 7.89. The molecule has 0 aromatic heterocycles. The van der Waals surface area contributed by atoms with Crippen molar-refractivity contribution in [3.63, 3.8) is 0 Å². The second-order valence-electron chi connectivity index (χ2n) is 6.28. The van der Waals surface area contributed by atoms with Crippen LogP contribution in [-0.4, -0.2) is 28.6 Å². The van der Waals surface area contributed by atoms with E-state index in [2.05, 4.69) is 9.46 Å². The van der Waals surface area contributed by atoms with Gasteiger partial charge in [-0.1, -0.05) is 25.1 Å². The van der Waals surface area contributed by atoms with Gasteiger partial charge < -0.3 is 9.47 Å². The number of sulfonamides is 1. The van der Waals surface area contributed by atoms with Crippen LogP contribution in [0, 0.1) is 13.8 Å². The quantitative estimate of drug-likeness (QED) is 0.730. The van der Waals surface area contributed by atoms with Crippen molar-refractivity contribution in [1.82, 2.24) is 4.72 Å². The van der Waals surface area contributed by atoms with Crippen LogP contribution in [0.15, 0.2) is 41.3 Å². The minimum Gasteiger partial charge on any atom is -0.496 e. The zero-order chi connectivity index (χ0) is 20.2. The molecule has 27 heavy (non-hydrogen) atoms. The zero-order valence-electron chi connectivity index (χ0n) is 16.2. The molecule has 0 heterocycles. The summed E-state index contributed by atoms with van der Waals surface area (Å²) in [5, 5.41) is 0. The van der Waals surface area contributed by atoms with E-state index in [0.29, 0.717) is 12.0 Å². The Kier molecular flexibility index (Phi) is 6.62. The molecule has 0 bridgehead atoms. The summed E-state index contributed by atoms with van der Waals surface area (Å²) < 4.78 is 38.6. The second kappa shape index (κ2) is 8.54. The van der Waals surface area contributed by atoms with Crippen LogP contribution >= 0.6 is 0 Å². The van der Waals surface area contributed by atoms with Gasteiger partial charge in [0.15, 0.2) is 0 Å². The lowest BCUT2D eigenvalue weighted by atomic mass is 10.0. The van der Waals surface area contributed by atoms with Gasteiger partial charge in [0.1, 0.15) is 5.75 Å². The molecule has 0 amide bonds. The molecule has 1 atom stereocenters. The van der Waals surface area contributed by atoms with Crippen molar-refractivity contribution in [2.45, 2.75) is 38.1 Å².